The Morgan fingerprint density at radius 2 is 1.96 bits per heavy atom. The van der Waals surface area contributed by atoms with E-state index in [0.29, 0.717) is 11.9 Å². The first-order valence-electron chi connectivity index (χ1n) is 7.39. The molecule has 2 aromatic rings. The van der Waals surface area contributed by atoms with Gasteiger partial charge >= 0.3 is 5.97 Å². The zero-order valence-corrected chi connectivity index (χ0v) is 13.9. The van der Waals surface area contributed by atoms with Gasteiger partial charge < -0.3 is 15.4 Å². The van der Waals surface area contributed by atoms with Gasteiger partial charge in [0, 0.05) is 11.2 Å². The molecule has 2 amide bonds. The largest absolute Gasteiger partial charge is 0.451 e. The van der Waals surface area contributed by atoms with Gasteiger partial charge in [0.1, 0.15) is 10.7 Å². The van der Waals surface area contributed by atoms with Crippen LogP contribution in [0.3, 0.4) is 0 Å². The molecule has 0 radical (unpaired) electrons. The van der Waals surface area contributed by atoms with Crippen molar-refractivity contribution in [2.75, 3.05) is 19.7 Å². The van der Waals surface area contributed by atoms with Crippen LogP contribution in [0.25, 0.3) is 10.1 Å². The second kappa shape index (κ2) is 8.39. The van der Waals surface area contributed by atoms with Gasteiger partial charge in [0.05, 0.1) is 6.54 Å². The molecule has 0 fully saturated rings. The lowest BCUT2D eigenvalue weighted by atomic mass is 10.2. The Labute approximate surface area is 142 Å². The second-order valence-corrected chi connectivity index (χ2v) is 6.08. The number of fused-ring (bicyclic) bond motifs is 1. The lowest BCUT2D eigenvalue weighted by molar-refractivity contribution is -0.127. The standard InChI is InChI=1S/C16H17FN2O4S/c1-2-5-18-14(20)8-19-15(21)9-23-16(22)13-7-10-6-11(17)3-4-12(10)24-13/h3-4,6-7H,2,5,8-9H2,1H3,(H,18,20)(H,19,21). The highest BCUT2D eigenvalue weighted by Gasteiger charge is 2.14. The summed E-state index contributed by atoms with van der Waals surface area (Å²) in [4.78, 5) is 35.1. The maximum Gasteiger partial charge on any atom is 0.348 e. The van der Waals surface area contributed by atoms with Crippen LogP contribution in [0.15, 0.2) is 24.3 Å². The first-order chi connectivity index (χ1) is 11.5. The Balaban J connectivity index is 1.81. The molecule has 1 aromatic heterocycles. The fourth-order valence-electron chi connectivity index (χ4n) is 1.87. The number of halogens is 1. The molecule has 1 heterocycles. The summed E-state index contributed by atoms with van der Waals surface area (Å²) in [5.74, 6) is -1.92. The molecule has 0 aliphatic rings. The quantitative estimate of drug-likeness (QED) is 0.745. The summed E-state index contributed by atoms with van der Waals surface area (Å²) in [7, 11) is 0. The van der Waals surface area contributed by atoms with Crippen LogP contribution < -0.4 is 10.6 Å². The number of rotatable bonds is 7. The van der Waals surface area contributed by atoms with E-state index in [4.69, 9.17) is 4.74 Å². The zero-order valence-electron chi connectivity index (χ0n) is 13.1. The number of hydrogen-bond donors (Lipinski definition) is 2. The lowest BCUT2D eigenvalue weighted by Crippen LogP contribution is -2.38. The van der Waals surface area contributed by atoms with E-state index in [0.717, 1.165) is 22.5 Å². The molecular formula is C16H17FN2O4S. The maximum absolute atomic E-state index is 13.1. The average Bonchev–Trinajstić information content (AvgIpc) is 2.99. The molecule has 6 nitrogen and oxygen atoms in total. The molecule has 0 saturated carbocycles. The predicted octanol–water partition coefficient (Wildman–Crippen LogP) is 1.84. The van der Waals surface area contributed by atoms with Crippen molar-refractivity contribution >= 4 is 39.2 Å². The molecule has 2 rings (SSSR count). The molecule has 2 N–H and O–H groups in total. The fraction of sp³-hybridized carbons (Fsp3) is 0.312. The molecule has 1 aromatic carbocycles. The highest BCUT2D eigenvalue weighted by Crippen LogP contribution is 2.26. The van der Waals surface area contributed by atoms with Gasteiger partial charge in [0.2, 0.25) is 5.91 Å². The van der Waals surface area contributed by atoms with Crippen molar-refractivity contribution in [3.8, 4) is 0 Å². The van der Waals surface area contributed by atoms with Crippen molar-refractivity contribution in [2.45, 2.75) is 13.3 Å². The van der Waals surface area contributed by atoms with Gasteiger partial charge in [-0.15, -0.1) is 11.3 Å². The topological polar surface area (TPSA) is 84.5 Å². The molecule has 0 aliphatic carbocycles. The first kappa shape index (κ1) is 17.9. The molecule has 0 unspecified atom stereocenters. The van der Waals surface area contributed by atoms with Crippen molar-refractivity contribution in [3.63, 3.8) is 0 Å². The van der Waals surface area contributed by atoms with Gasteiger partial charge in [-0.05, 0) is 36.1 Å². The third kappa shape index (κ3) is 5.02. The molecule has 128 valence electrons. The van der Waals surface area contributed by atoms with Gasteiger partial charge in [-0.25, -0.2) is 9.18 Å². The second-order valence-electron chi connectivity index (χ2n) is 5.00. The van der Waals surface area contributed by atoms with Crippen LogP contribution in [0.4, 0.5) is 4.39 Å². The molecule has 8 heteroatoms. The normalized spacial score (nSPS) is 10.4. The van der Waals surface area contributed by atoms with E-state index in [1.165, 1.54) is 18.2 Å². The molecule has 0 atom stereocenters. The fourth-order valence-corrected chi connectivity index (χ4v) is 2.81. The van der Waals surface area contributed by atoms with E-state index < -0.39 is 18.5 Å². The van der Waals surface area contributed by atoms with E-state index in [2.05, 4.69) is 10.6 Å². The Hall–Kier alpha value is -2.48. The number of amides is 2. The monoisotopic (exact) mass is 352 g/mol. The van der Waals surface area contributed by atoms with Crippen LogP contribution in [0.5, 0.6) is 0 Å². The summed E-state index contributed by atoms with van der Waals surface area (Å²) in [6.45, 7) is 1.80. The number of benzene rings is 1. The third-order valence-corrected chi connectivity index (χ3v) is 4.13. The van der Waals surface area contributed by atoms with E-state index in [-0.39, 0.29) is 23.1 Å². The van der Waals surface area contributed by atoms with Gasteiger partial charge in [-0.3, -0.25) is 9.59 Å². The van der Waals surface area contributed by atoms with Gasteiger partial charge in [-0.2, -0.15) is 0 Å². The van der Waals surface area contributed by atoms with Crippen molar-refractivity contribution < 1.29 is 23.5 Å². The van der Waals surface area contributed by atoms with E-state index in [1.54, 1.807) is 6.07 Å². The Kier molecular flexibility index (Phi) is 6.25. The summed E-state index contributed by atoms with van der Waals surface area (Å²) in [6, 6.07) is 5.73. The summed E-state index contributed by atoms with van der Waals surface area (Å²) < 4.78 is 18.8. The van der Waals surface area contributed by atoms with Gasteiger partial charge in [0.15, 0.2) is 6.61 Å². The molecule has 0 spiro atoms. The number of carbonyl (C=O) groups excluding carboxylic acids is 3. The number of hydrogen-bond acceptors (Lipinski definition) is 5. The summed E-state index contributed by atoms with van der Waals surface area (Å²) in [5, 5.41) is 5.57. The first-order valence-corrected chi connectivity index (χ1v) is 8.21. The molecule has 0 saturated heterocycles. The Morgan fingerprint density at radius 1 is 1.17 bits per heavy atom. The number of esters is 1. The van der Waals surface area contributed by atoms with Crippen molar-refractivity contribution in [2.24, 2.45) is 0 Å². The third-order valence-electron chi connectivity index (χ3n) is 3.03. The highest BCUT2D eigenvalue weighted by atomic mass is 32.1. The lowest BCUT2D eigenvalue weighted by Gasteiger charge is -2.06. The molecule has 0 aliphatic heterocycles. The predicted molar refractivity (Wildman–Crippen MR) is 88.4 cm³/mol. The van der Waals surface area contributed by atoms with Crippen LogP contribution in [-0.2, 0) is 14.3 Å². The SMILES string of the molecule is CCCNC(=O)CNC(=O)COC(=O)c1cc2cc(F)ccc2s1. The van der Waals surface area contributed by atoms with Crippen molar-refractivity contribution in [1.82, 2.24) is 10.6 Å². The number of carbonyl (C=O) groups is 3. The van der Waals surface area contributed by atoms with Gasteiger partial charge in [-0.1, -0.05) is 6.92 Å². The molecular weight excluding hydrogens is 335 g/mol. The summed E-state index contributed by atoms with van der Waals surface area (Å²) in [6.07, 6.45) is 0.802. The maximum atomic E-state index is 13.1. The average molecular weight is 352 g/mol. The number of nitrogens with one attached hydrogen (secondary N) is 2. The minimum atomic E-state index is -0.665. The van der Waals surface area contributed by atoms with Gasteiger partial charge in [0.25, 0.3) is 5.91 Å². The van der Waals surface area contributed by atoms with Crippen LogP contribution >= 0.6 is 11.3 Å². The van der Waals surface area contributed by atoms with E-state index in [1.807, 2.05) is 6.92 Å². The summed E-state index contributed by atoms with van der Waals surface area (Å²) >= 11 is 1.16. The summed E-state index contributed by atoms with van der Waals surface area (Å²) in [5.41, 5.74) is 0. The minimum Gasteiger partial charge on any atom is -0.451 e. The zero-order chi connectivity index (χ0) is 17.5. The van der Waals surface area contributed by atoms with Crippen molar-refractivity contribution in [3.05, 3.63) is 35.0 Å². The van der Waals surface area contributed by atoms with Crippen LogP contribution in [0.2, 0.25) is 0 Å². The Morgan fingerprint density at radius 3 is 2.71 bits per heavy atom. The molecule has 24 heavy (non-hydrogen) atoms. The Bertz CT molecular complexity index is 760. The number of thiophene rings is 1. The smallest absolute Gasteiger partial charge is 0.348 e. The van der Waals surface area contributed by atoms with Crippen LogP contribution in [0, 0.1) is 5.82 Å². The van der Waals surface area contributed by atoms with E-state index in [9.17, 15) is 18.8 Å². The van der Waals surface area contributed by atoms with Crippen LogP contribution in [-0.4, -0.2) is 37.5 Å². The number of ether oxygens (including phenoxy) is 1. The van der Waals surface area contributed by atoms with Crippen molar-refractivity contribution in [1.29, 1.82) is 0 Å². The van der Waals surface area contributed by atoms with E-state index >= 15 is 0 Å². The highest BCUT2D eigenvalue weighted by molar-refractivity contribution is 7.20. The molecule has 0 bridgehead atoms. The van der Waals surface area contributed by atoms with Crippen LogP contribution in [0.1, 0.15) is 23.0 Å². The minimum absolute atomic E-state index is 0.168.